The molecule has 1 heterocycles. The number of carboxylic acids is 1. The van der Waals surface area contributed by atoms with Crippen LogP contribution in [0.3, 0.4) is 0 Å². The SMILES string of the molecule is CC#CCOc1ccc(C[C@H](NC(=O)[C@@H](C=CCCCCCCC(=O)CCCCCCC)[C@@](O)(CC(=O)OCc2oc(=O)oc2C)C(=O)O)C(=O)OC)cc1. The first-order valence-corrected chi connectivity index (χ1v) is 18.7. The van der Waals surface area contributed by atoms with Crippen molar-refractivity contribution in [3.63, 3.8) is 0 Å². The third-order valence-corrected chi connectivity index (χ3v) is 8.90. The maximum Gasteiger partial charge on any atom is 0.519 e. The smallest absolute Gasteiger partial charge is 0.481 e. The largest absolute Gasteiger partial charge is 0.519 e. The number of ketones is 1. The Balaban J connectivity index is 2.18. The lowest BCUT2D eigenvalue weighted by atomic mass is 9.82. The zero-order valence-electron chi connectivity index (χ0n) is 32.3. The third-order valence-electron chi connectivity index (χ3n) is 8.90. The molecule has 14 nitrogen and oxygen atoms in total. The molecule has 3 N–H and O–H groups in total. The number of aliphatic hydroxyl groups is 1. The fourth-order valence-corrected chi connectivity index (χ4v) is 5.67. The Morgan fingerprint density at radius 2 is 1.62 bits per heavy atom. The number of amides is 1. The zero-order chi connectivity index (χ0) is 40.6. The molecule has 0 saturated heterocycles. The lowest BCUT2D eigenvalue weighted by Crippen LogP contribution is -2.55. The van der Waals surface area contributed by atoms with Crippen molar-refractivity contribution in [1.82, 2.24) is 5.32 Å². The van der Waals surface area contributed by atoms with Gasteiger partial charge >= 0.3 is 23.7 Å². The van der Waals surface area contributed by atoms with Gasteiger partial charge in [-0.25, -0.2) is 14.4 Å². The first-order chi connectivity index (χ1) is 26.3. The van der Waals surface area contributed by atoms with Gasteiger partial charge in [-0.3, -0.25) is 14.4 Å². The molecule has 0 spiro atoms. The van der Waals surface area contributed by atoms with Crippen LogP contribution in [0, 0.1) is 24.7 Å². The lowest BCUT2D eigenvalue weighted by molar-refractivity contribution is -0.174. The summed E-state index contributed by atoms with van der Waals surface area (Å²) in [6.45, 7) is 4.82. The Kier molecular flexibility index (Phi) is 20.9. The fraction of sp³-hybridized carbons (Fsp3) is 0.561. The molecule has 0 radical (unpaired) electrons. The van der Waals surface area contributed by atoms with Crippen molar-refractivity contribution >= 4 is 29.6 Å². The summed E-state index contributed by atoms with van der Waals surface area (Å²) < 4.78 is 25.0. The average molecular weight is 770 g/mol. The number of carboxylic acid groups (broad SMARTS) is 1. The highest BCUT2D eigenvalue weighted by Gasteiger charge is 2.49. The minimum Gasteiger partial charge on any atom is -0.481 e. The van der Waals surface area contributed by atoms with Gasteiger partial charge in [0, 0.05) is 19.3 Å². The van der Waals surface area contributed by atoms with Crippen LogP contribution in [0.4, 0.5) is 0 Å². The second-order valence-corrected chi connectivity index (χ2v) is 13.2. The van der Waals surface area contributed by atoms with Crippen molar-refractivity contribution in [3.05, 3.63) is 64.1 Å². The van der Waals surface area contributed by atoms with Crippen LogP contribution in [-0.2, 0) is 46.5 Å². The van der Waals surface area contributed by atoms with Gasteiger partial charge in [0.1, 0.15) is 24.2 Å². The molecule has 2 rings (SSSR count). The number of aryl methyl sites for hydroxylation is 1. The summed E-state index contributed by atoms with van der Waals surface area (Å²) >= 11 is 0. The molecule has 2 aromatic rings. The predicted octanol–water partition coefficient (Wildman–Crippen LogP) is 5.54. The number of rotatable bonds is 27. The van der Waals surface area contributed by atoms with Crippen molar-refractivity contribution in [2.24, 2.45) is 5.92 Å². The van der Waals surface area contributed by atoms with Crippen LogP contribution in [0.1, 0.15) is 114 Å². The number of benzene rings is 1. The number of allylic oxidation sites excluding steroid dienone is 1. The van der Waals surface area contributed by atoms with E-state index in [2.05, 4.69) is 24.1 Å². The molecule has 0 saturated carbocycles. The normalized spacial score (nSPS) is 13.2. The van der Waals surface area contributed by atoms with Crippen LogP contribution >= 0.6 is 0 Å². The molecular formula is C41H55NO13. The van der Waals surface area contributed by atoms with Gasteiger partial charge in [0.2, 0.25) is 5.91 Å². The van der Waals surface area contributed by atoms with E-state index >= 15 is 0 Å². The van der Waals surface area contributed by atoms with Crippen LogP contribution < -0.4 is 15.9 Å². The second-order valence-electron chi connectivity index (χ2n) is 13.2. The van der Waals surface area contributed by atoms with Crippen molar-refractivity contribution < 1.29 is 57.2 Å². The highest BCUT2D eigenvalue weighted by atomic mass is 16.6. The summed E-state index contributed by atoms with van der Waals surface area (Å²) in [6.07, 6.45) is 11.4. The summed E-state index contributed by atoms with van der Waals surface area (Å²) in [5.41, 5.74) is -2.43. The van der Waals surface area contributed by atoms with E-state index in [1.54, 1.807) is 31.2 Å². The topological polar surface area (TPSA) is 209 Å². The molecule has 302 valence electrons. The Labute approximate surface area is 322 Å². The summed E-state index contributed by atoms with van der Waals surface area (Å²) in [6, 6.07) is 5.36. The predicted molar refractivity (Wildman–Crippen MR) is 201 cm³/mol. The Morgan fingerprint density at radius 3 is 2.20 bits per heavy atom. The number of unbranched alkanes of at least 4 members (excludes halogenated alkanes) is 8. The average Bonchev–Trinajstić information content (AvgIpc) is 3.48. The van der Waals surface area contributed by atoms with Crippen LogP contribution in [0.15, 0.2) is 50.0 Å². The number of carbonyl (C=O) groups is 5. The fourth-order valence-electron chi connectivity index (χ4n) is 5.67. The van der Waals surface area contributed by atoms with Gasteiger partial charge in [-0.2, -0.15) is 0 Å². The van der Waals surface area contributed by atoms with E-state index in [9.17, 15) is 39.0 Å². The van der Waals surface area contributed by atoms with Gasteiger partial charge in [-0.05, 0) is 57.2 Å². The lowest BCUT2D eigenvalue weighted by Gasteiger charge is -2.30. The highest BCUT2D eigenvalue weighted by Crippen LogP contribution is 2.27. The van der Waals surface area contributed by atoms with E-state index in [4.69, 9.17) is 23.0 Å². The van der Waals surface area contributed by atoms with Gasteiger partial charge in [-0.1, -0.05) is 75.7 Å². The molecule has 3 atom stereocenters. The van der Waals surface area contributed by atoms with E-state index in [-0.39, 0.29) is 30.3 Å². The van der Waals surface area contributed by atoms with Gasteiger partial charge in [0.05, 0.1) is 19.4 Å². The molecule has 0 aliphatic carbocycles. The Bertz CT molecular complexity index is 1680. The molecule has 0 bridgehead atoms. The number of carbonyl (C=O) groups excluding carboxylic acids is 4. The van der Waals surface area contributed by atoms with Crippen LogP contribution in [0.25, 0.3) is 0 Å². The van der Waals surface area contributed by atoms with E-state index in [1.165, 1.54) is 25.5 Å². The highest BCUT2D eigenvalue weighted by molar-refractivity contribution is 5.95. The molecule has 14 heteroatoms. The summed E-state index contributed by atoms with van der Waals surface area (Å²) in [5.74, 6) is -1.69. The number of hydrogen-bond donors (Lipinski definition) is 3. The van der Waals surface area contributed by atoms with Crippen LogP contribution in [0.5, 0.6) is 5.75 Å². The number of methoxy groups -OCH3 is 1. The molecule has 0 unspecified atom stereocenters. The molecular weight excluding hydrogens is 714 g/mol. The van der Waals surface area contributed by atoms with Gasteiger partial charge < -0.3 is 38.6 Å². The monoisotopic (exact) mass is 769 g/mol. The van der Waals surface area contributed by atoms with E-state index in [0.29, 0.717) is 37.0 Å². The summed E-state index contributed by atoms with van der Waals surface area (Å²) in [4.78, 5) is 75.7. The number of hydrogen-bond acceptors (Lipinski definition) is 12. The first-order valence-electron chi connectivity index (χ1n) is 18.7. The summed E-state index contributed by atoms with van der Waals surface area (Å²) in [7, 11) is 1.13. The molecule has 55 heavy (non-hydrogen) atoms. The Hall–Kier alpha value is -5.16. The van der Waals surface area contributed by atoms with Crippen LogP contribution in [0.2, 0.25) is 0 Å². The standard InChI is InChI=1S/C41H55NO13/c1-5-7-9-12-15-18-31(43)19-16-13-10-11-14-17-20-33(41(50,39(47)48)27-36(44)53-28-35-29(3)54-40(49)55-35)37(45)42-34(38(46)51-4)26-30-21-23-32(24-22-30)52-25-8-6-2/h17,20-24,33-34,50H,5,7,9-16,18-19,25-28H2,1-4H3,(H,42,45)(H,47,48)/t33-,34+,41+/m1/s1. The minimum atomic E-state index is -3.03. The van der Waals surface area contributed by atoms with Gasteiger partial charge in [-0.15, -0.1) is 5.92 Å². The van der Waals surface area contributed by atoms with Crippen molar-refractivity contribution in [2.75, 3.05) is 13.7 Å². The van der Waals surface area contributed by atoms with E-state index < -0.39 is 60.2 Å². The van der Waals surface area contributed by atoms with Crippen molar-refractivity contribution in [1.29, 1.82) is 0 Å². The maximum absolute atomic E-state index is 13.8. The second kappa shape index (κ2) is 25.0. The van der Waals surface area contributed by atoms with Gasteiger partial charge in [0.15, 0.2) is 23.7 Å². The summed E-state index contributed by atoms with van der Waals surface area (Å²) in [5, 5.41) is 24.2. The third kappa shape index (κ3) is 16.8. The Morgan fingerprint density at radius 1 is 0.964 bits per heavy atom. The van der Waals surface area contributed by atoms with Crippen molar-refractivity contribution in [3.8, 4) is 17.6 Å². The van der Waals surface area contributed by atoms with Gasteiger partial charge in [0.25, 0.3) is 0 Å². The number of aliphatic carboxylic acids is 1. The molecule has 1 aromatic carbocycles. The van der Waals surface area contributed by atoms with E-state index in [0.717, 1.165) is 52.1 Å². The molecule has 0 fully saturated rings. The minimum absolute atomic E-state index is 0.0395. The molecule has 0 aliphatic heterocycles. The number of Topliss-reactive ketones (excluding diaryl/α,β-unsaturated/α-hetero) is 1. The van der Waals surface area contributed by atoms with E-state index in [1.807, 2.05) is 0 Å². The quantitative estimate of drug-likeness (QED) is 0.0442. The first kappa shape index (κ1) is 46.0. The number of nitrogens with one attached hydrogen (secondary N) is 1. The number of esters is 2. The molecule has 1 aromatic heterocycles. The molecule has 1 amide bonds. The molecule has 0 aliphatic rings. The zero-order valence-corrected chi connectivity index (χ0v) is 32.3. The van der Waals surface area contributed by atoms with Crippen LogP contribution in [-0.4, -0.2) is 65.2 Å². The maximum atomic E-state index is 13.8. The number of ether oxygens (including phenoxy) is 3. The van der Waals surface area contributed by atoms with Crippen molar-refractivity contribution in [2.45, 2.75) is 129 Å².